The van der Waals surface area contributed by atoms with Crippen LogP contribution in [0.15, 0.2) is 48.6 Å². The summed E-state index contributed by atoms with van der Waals surface area (Å²) in [4.78, 5) is 13.0. The first-order chi connectivity index (χ1) is 31.3. The normalized spacial score (nSPS) is 20.4. The summed E-state index contributed by atoms with van der Waals surface area (Å²) in [5.41, 5.74) is 0. The van der Waals surface area contributed by atoms with Crippen LogP contribution >= 0.6 is 0 Å². The molecule has 0 bridgehead atoms. The monoisotopic (exact) mass is 904 g/mol. The number of hydrogen-bond acceptors (Lipinski definition) is 8. The molecule has 0 saturated carbocycles. The highest BCUT2D eigenvalue weighted by Crippen LogP contribution is 2.23. The van der Waals surface area contributed by atoms with E-state index in [1.165, 1.54) is 167 Å². The second-order valence-corrected chi connectivity index (χ2v) is 18.6. The lowest BCUT2D eigenvalue weighted by molar-refractivity contribution is -0.302. The van der Waals surface area contributed by atoms with Crippen molar-refractivity contribution in [2.24, 2.45) is 0 Å². The van der Waals surface area contributed by atoms with Gasteiger partial charge in [0.1, 0.15) is 24.4 Å². The maximum absolute atomic E-state index is 13.0. The molecule has 1 aliphatic rings. The number of nitrogens with one attached hydrogen (secondary N) is 1. The number of rotatable bonds is 45. The Morgan fingerprint density at radius 2 is 0.891 bits per heavy atom. The molecule has 0 aliphatic carbocycles. The second kappa shape index (κ2) is 45.0. The van der Waals surface area contributed by atoms with E-state index in [-0.39, 0.29) is 12.5 Å². The molecule has 0 aromatic heterocycles. The van der Waals surface area contributed by atoms with E-state index in [9.17, 15) is 30.3 Å². The third kappa shape index (κ3) is 34.5. The number of carbonyl (C=O) groups excluding carboxylic acids is 1. The molecule has 1 saturated heterocycles. The van der Waals surface area contributed by atoms with Crippen LogP contribution in [-0.4, -0.2) is 87.5 Å². The van der Waals surface area contributed by atoms with E-state index in [0.29, 0.717) is 6.42 Å². The third-order valence-corrected chi connectivity index (χ3v) is 12.6. The van der Waals surface area contributed by atoms with E-state index in [4.69, 9.17) is 9.47 Å². The number of ether oxygens (including phenoxy) is 2. The first-order valence-corrected chi connectivity index (χ1v) is 26.9. The second-order valence-electron chi connectivity index (χ2n) is 18.6. The van der Waals surface area contributed by atoms with Crippen molar-refractivity contribution in [3.8, 4) is 0 Å². The Balaban J connectivity index is 2.22. The smallest absolute Gasteiger partial charge is 0.220 e. The summed E-state index contributed by atoms with van der Waals surface area (Å²) >= 11 is 0. The molecule has 0 radical (unpaired) electrons. The van der Waals surface area contributed by atoms with Crippen LogP contribution in [0.5, 0.6) is 0 Å². The molecule has 64 heavy (non-hydrogen) atoms. The quantitative estimate of drug-likeness (QED) is 0.0261. The third-order valence-electron chi connectivity index (χ3n) is 12.6. The molecule has 7 atom stereocenters. The molecule has 0 aromatic rings. The molecular formula is C55H101NO8. The summed E-state index contributed by atoms with van der Waals surface area (Å²) < 4.78 is 11.2. The molecule has 9 heteroatoms. The highest BCUT2D eigenvalue weighted by Gasteiger charge is 2.44. The molecule has 7 unspecified atom stereocenters. The van der Waals surface area contributed by atoms with Crippen LogP contribution in [0.2, 0.25) is 0 Å². The topological polar surface area (TPSA) is 149 Å². The summed E-state index contributed by atoms with van der Waals surface area (Å²) in [7, 11) is 0. The summed E-state index contributed by atoms with van der Waals surface area (Å²) in [5, 5.41) is 54.3. The number of aliphatic hydroxyl groups excluding tert-OH is 5. The molecule has 1 aliphatic heterocycles. The highest BCUT2D eigenvalue weighted by atomic mass is 16.7. The average molecular weight is 904 g/mol. The molecule has 0 aromatic carbocycles. The van der Waals surface area contributed by atoms with Crippen LogP contribution in [0.1, 0.15) is 239 Å². The van der Waals surface area contributed by atoms with Crippen LogP contribution in [0.25, 0.3) is 0 Å². The van der Waals surface area contributed by atoms with E-state index in [2.05, 4.69) is 55.6 Å². The van der Waals surface area contributed by atoms with E-state index in [0.717, 1.165) is 51.4 Å². The standard InChI is InChI=1S/C55H101NO8/c1-3-5-7-9-11-13-15-17-19-20-21-22-23-24-25-26-27-28-29-30-31-33-35-37-39-41-43-45-51(59)56-48(47-63-55-54(62)53(61)52(60)50(46-57)64-55)49(58)44-42-40-38-36-34-32-18-16-14-12-10-8-6-4-2/h14,16,20-21,34,36,42,44,48-50,52-55,57-58,60-62H,3-13,15,17-19,22-33,35,37-41,43,45-47H2,1-2H3,(H,56,59)/b16-14+,21-20-,36-34+,44-42+. The van der Waals surface area contributed by atoms with E-state index < -0.39 is 49.5 Å². The lowest BCUT2D eigenvalue weighted by atomic mass is 9.99. The minimum Gasteiger partial charge on any atom is -0.394 e. The Bertz CT molecular complexity index is 1140. The molecule has 1 fully saturated rings. The zero-order valence-corrected chi connectivity index (χ0v) is 41.3. The molecule has 1 amide bonds. The Kier molecular flexibility index (Phi) is 42.3. The molecule has 9 nitrogen and oxygen atoms in total. The fourth-order valence-corrected chi connectivity index (χ4v) is 8.30. The number of unbranched alkanes of at least 4 members (excludes halogenated alkanes) is 29. The summed E-state index contributed by atoms with van der Waals surface area (Å²) in [6.45, 7) is 3.74. The van der Waals surface area contributed by atoms with Crippen molar-refractivity contribution in [2.75, 3.05) is 13.2 Å². The van der Waals surface area contributed by atoms with Crippen LogP contribution in [0, 0.1) is 0 Å². The van der Waals surface area contributed by atoms with Gasteiger partial charge in [0.15, 0.2) is 6.29 Å². The van der Waals surface area contributed by atoms with Crippen LogP contribution in [-0.2, 0) is 14.3 Å². The summed E-state index contributed by atoms with van der Waals surface area (Å²) in [6, 6.07) is -0.827. The summed E-state index contributed by atoms with van der Waals surface area (Å²) in [6.07, 6.45) is 51.8. The highest BCUT2D eigenvalue weighted by molar-refractivity contribution is 5.76. The van der Waals surface area contributed by atoms with Crippen molar-refractivity contribution in [3.63, 3.8) is 0 Å². The van der Waals surface area contributed by atoms with Crippen molar-refractivity contribution in [1.29, 1.82) is 0 Å². The van der Waals surface area contributed by atoms with Crippen molar-refractivity contribution in [1.82, 2.24) is 5.32 Å². The van der Waals surface area contributed by atoms with Gasteiger partial charge >= 0.3 is 0 Å². The predicted molar refractivity (Wildman–Crippen MR) is 267 cm³/mol. The average Bonchev–Trinajstić information content (AvgIpc) is 3.29. The van der Waals surface area contributed by atoms with Gasteiger partial charge in [-0.3, -0.25) is 4.79 Å². The van der Waals surface area contributed by atoms with Gasteiger partial charge < -0.3 is 40.3 Å². The van der Waals surface area contributed by atoms with Gasteiger partial charge in [-0.25, -0.2) is 0 Å². The fourth-order valence-electron chi connectivity index (χ4n) is 8.30. The van der Waals surface area contributed by atoms with E-state index in [1.54, 1.807) is 6.08 Å². The van der Waals surface area contributed by atoms with Gasteiger partial charge in [-0.2, -0.15) is 0 Å². The Morgan fingerprint density at radius 1 is 0.516 bits per heavy atom. The zero-order chi connectivity index (χ0) is 46.6. The SMILES string of the molecule is CCCCCC/C=C/CC/C=C/CC/C=C/C(O)C(COC1OC(CO)C(O)C(O)C1O)NC(=O)CCCCCCCCCCCCCCCCC/C=C\CCCCCCCCCC. The molecular weight excluding hydrogens is 803 g/mol. The van der Waals surface area contributed by atoms with Crippen molar-refractivity contribution < 1.29 is 39.8 Å². The maximum Gasteiger partial charge on any atom is 0.220 e. The van der Waals surface area contributed by atoms with Gasteiger partial charge in [-0.1, -0.05) is 210 Å². The largest absolute Gasteiger partial charge is 0.394 e. The number of amides is 1. The van der Waals surface area contributed by atoms with E-state index >= 15 is 0 Å². The van der Waals surface area contributed by atoms with Crippen LogP contribution < -0.4 is 5.32 Å². The van der Waals surface area contributed by atoms with Gasteiger partial charge in [0.25, 0.3) is 0 Å². The fraction of sp³-hybridized carbons (Fsp3) is 0.836. The van der Waals surface area contributed by atoms with Gasteiger partial charge in [-0.15, -0.1) is 0 Å². The number of carbonyl (C=O) groups is 1. The Labute approximate surface area is 393 Å². The molecule has 1 heterocycles. The first kappa shape index (κ1) is 60.2. The van der Waals surface area contributed by atoms with Crippen molar-refractivity contribution >= 4 is 5.91 Å². The van der Waals surface area contributed by atoms with Crippen molar-refractivity contribution in [3.05, 3.63) is 48.6 Å². The maximum atomic E-state index is 13.0. The Hall–Kier alpha value is -1.85. The molecule has 0 spiro atoms. The van der Waals surface area contributed by atoms with Crippen LogP contribution in [0.4, 0.5) is 0 Å². The number of aliphatic hydroxyl groups is 5. The van der Waals surface area contributed by atoms with E-state index in [1.807, 2.05) is 6.08 Å². The van der Waals surface area contributed by atoms with Gasteiger partial charge in [-0.05, 0) is 70.6 Å². The van der Waals surface area contributed by atoms with Gasteiger partial charge in [0.05, 0.1) is 25.4 Å². The van der Waals surface area contributed by atoms with Crippen molar-refractivity contribution in [2.45, 2.75) is 281 Å². The zero-order valence-electron chi connectivity index (χ0n) is 41.3. The minimum absolute atomic E-state index is 0.190. The lowest BCUT2D eigenvalue weighted by Crippen LogP contribution is -2.60. The minimum atomic E-state index is -1.57. The first-order valence-electron chi connectivity index (χ1n) is 26.9. The van der Waals surface area contributed by atoms with Gasteiger partial charge in [0.2, 0.25) is 5.91 Å². The summed E-state index contributed by atoms with van der Waals surface area (Å²) in [5.74, 6) is -0.190. The van der Waals surface area contributed by atoms with Gasteiger partial charge in [0, 0.05) is 6.42 Å². The molecule has 1 rings (SSSR count). The number of allylic oxidation sites excluding steroid dienone is 7. The Morgan fingerprint density at radius 3 is 1.33 bits per heavy atom. The number of hydrogen-bond donors (Lipinski definition) is 6. The molecule has 6 N–H and O–H groups in total. The van der Waals surface area contributed by atoms with Crippen LogP contribution in [0.3, 0.4) is 0 Å². The predicted octanol–water partition coefficient (Wildman–Crippen LogP) is 12.6. The lowest BCUT2D eigenvalue weighted by Gasteiger charge is -2.40. The molecule has 374 valence electrons.